The van der Waals surface area contributed by atoms with Gasteiger partial charge in [-0.3, -0.25) is 9.47 Å². The lowest BCUT2D eigenvalue weighted by molar-refractivity contribution is 0.180. The fourth-order valence-electron chi connectivity index (χ4n) is 3.99. The molecule has 4 heterocycles. The minimum absolute atomic E-state index is 0.00177. The molecule has 0 radical (unpaired) electrons. The number of piperidine rings is 1. The van der Waals surface area contributed by atoms with Crippen LogP contribution in [0, 0.1) is 0 Å². The number of hydrogen-bond donors (Lipinski definition) is 1. The molecule has 4 aromatic rings. The van der Waals surface area contributed by atoms with Crippen LogP contribution in [-0.2, 0) is 6.54 Å². The summed E-state index contributed by atoms with van der Waals surface area (Å²) in [6.07, 6.45) is 5.49. The van der Waals surface area contributed by atoms with Gasteiger partial charge in [0.1, 0.15) is 6.33 Å². The number of pyridine rings is 1. The normalized spacial score (nSPS) is 16.6. The lowest BCUT2D eigenvalue weighted by Crippen LogP contribution is -2.36. The highest BCUT2D eigenvalue weighted by molar-refractivity contribution is 5.75. The molecule has 0 atom stereocenters. The molecule has 1 aliphatic heterocycles. The summed E-state index contributed by atoms with van der Waals surface area (Å²) in [7, 11) is 0. The number of fused-ring (bicyclic) bond motifs is 2. The molecule has 1 fully saturated rings. The number of hydrogen-bond acceptors (Lipinski definition) is 4. The van der Waals surface area contributed by atoms with Crippen molar-refractivity contribution in [3.63, 3.8) is 0 Å². The van der Waals surface area contributed by atoms with Crippen LogP contribution < -0.4 is 5.69 Å². The third kappa shape index (κ3) is 2.61. The third-order valence-corrected chi connectivity index (χ3v) is 5.30. The van der Waals surface area contributed by atoms with Gasteiger partial charge in [-0.1, -0.05) is 12.1 Å². The maximum absolute atomic E-state index is 12.4. The number of benzene rings is 1. The van der Waals surface area contributed by atoms with Gasteiger partial charge in [0.05, 0.1) is 11.0 Å². The summed E-state index contributed by atoms with van der Waals surface area (Å²) in [6, 6.07) is 12.4. The first-order valence-corrected chi connectivity index (χ1v) is 8.98. The smallest absolute Gasteiger partial charge is 0.306 e. The average molecular weight is 348 g/mol. The predicted molar refractivity (Wildman–Crippen MR) is 99.1 cm³/mol. The Morgan fingerprint density at radius 3 is 2.88 bits per heavy atom. The molecule has 1 N–H and O–H groups in total. The molecule has 26 heavy (non-hydrogen) atoms. The number of nitrogens with one attached hydrogen (secondary N) is 1. The molecule has 7 nitrogen and oxygen atoms in total. The van der Waals surface area contributed by atoms with Crippen LogP contribution in [0.15, 0.2) is 53.7 Å². The Labute approximate surface area is 149 Å². The average Bonchev–Trinajstić information content (AvgIpc) is 3.25. The van der Waals surface area contributed by atoms with Crippen molar-refractivity contribution in [2.45, 2.75) is 25.4 Å². The van der Waals surface area contributed by atoms with Crippen LogP contribution in [0.2, 0.25) is 0 Å². The second-order valence-electron chi connectivity index (χ2n) is 6.92. The van der Waals surface area contributed by atoms with Gasteiger partial charge in [0.25, 0.3) is 0 Å². The van der Waals surface area contributed by atoms with Gasteiger partial charge in [-0.2, -0.15) is 5.10 Å². The number of H-pyrrole nitrogens is 1. The molecule has 7 heteroatoms. The Morgan fingerprint density at radius 2 is 2.00 bits per heavy atom. The van der Waals surface area contributed by atoms with E-state index in [-0.39, 0.29) is 11.7 Å². The van der Waals surface area contributed by atoms with E-state index in [0.717, 1.165) is 49.2 Å². The van der Waals surface area contributed by atoms with E-state index < -0.39 is 0 Å². The molecule has 1 saturated heterocycles. The molecule has 3 aromatic heterocycles. The van der Waals surface area contributed by atoms with Crippen molar-refractivity contribution in [1.29, 1.82) is 0 Å². The van der Waals surface area contributed by atoms with Crippen LogP contribution in [0.4, 0.5) is 0 Å². The fraction of sp³-hybridized carbons (Fsp3) is 0.316. The van der Waals surface area contributed by atoms with Gasteiger partial charge >= 0.3 is 5.69 Å². The Morgan fingerprint density at radius 1 is 1.15 bits per heavy atom. The van der Waals surface area contributed by atoms with Gasteiger partial charge in [0.15, 0.2) is 5.65 Å². The lowest BCUT2D eigenvalue weighted by Gasteiger charge is -2.32. The number of rotatable bonds is 3. The quantitative estimate of drug-likeness (QED) is 0.616. The summed E-state index contributed by atoms with van der Waals surface area (Å²) in [6.45, 7) is 2.86. The summed E-state index contributed by atoms with van der Waals surface area (Å²) in [5.41, 5.74) is 4.05. The van der Waals surface area contributed by atoms with Gasteiger partial charge in [-0.25, -0.2) is 14.3 Å². The number of aromatic nitrogens is 5. The Bertz CT molecular complexity index is 1120. The molecule has 0 aliphatic carbocycles. The summed E-state index contributed by atoms with van der Waals surface area (Å²) < 4.78 is 3.72. The molecule has 132 valence electrons. The second-order valence-corrected chi connectivity index (χ2v) is 6.92. The molecule has 0 saturated carbocycles. The number of imidazole rings is 1. The number of para-hydroxylation sites is 2. The van der Waals surface area contributed by atoms with E-state index in [0.29, 0.717) is 0 Å². The Balaban J connectivity index is 1.31. The summed E-state index contributed by atoms with van der Waals surface area (Å²) in [5.74, 6) is 0. The van der Waals surface area contributed by atoms with Crippen LogP contribution in [-0.4, -0.2) is 42.1 Å². The van der Waals surface area contributed by atoms with Gasteiger partial charge in [0, 0.05) is 31.9 Å². The standard InChI is InChI=1S/C19H20N6O/c26-19-22-16-3-1-2-4-17(16)25(19)15-6-8-23(9-7-15)12-14-5-10-24-18(11-14)20-13-21-24/h1-5,10-11,13,15H,6-9,12H2,(H,22,26). The fourth-order valence-corrected chi connectivity index (χ4v) is 3.99. The molecule has 0 bridgehead atoms. The monoisotopic (exact) mass is 348 g/mol. The predicted octanol–water partition coefficient (Wildman–Crippen LogP) is 2.21. The maximum Gasteiger partial charge on any atom is 0.326 e. The zero-order chi connectivity index (χ0) is 17.5. The molecular weight excluding hydrogens is 328 g/mol. The molecule has 0 spiro atoms. The van der Waals surface area contributed by atoms with Gasteiger partial charge in [-0.15, -0.1) is 0 Å². The number of aromatic amines is 1. The van der Waals surface area contributed by atoms with Crippen molar-refractivity contribution in [2.24, 2.45) is 0 Å². The zero-order valence-electron chi connectivity index (χ0n) is 14.4. The zero-order valence-corrected chi connectivity index (χ0v) is 14.4. The minimum atomic E-state index is 0.00177. The van der Waals surface area contributed by atoms with E-state index in [1.807, 2.05) is 35.0 Å². The summed E-state index contributed by atoms with van der Waals surface area (Å²) >= 11 is 0. The SMILES string of the molecule is O=c1[nH]c2ccccc2n1C1CCN(Cc2ccn3ncnc3c2)CC1. The first-order chi connectivity index (χ1) is 12.8. The van der Waals surface area contributed by atoms with E-state index in [4.69, 9.17) is 0 Å². The largest absolute Gasteiger partial charge is 0.326 e. The van der Waals surface area contributed by atoms with Crippen LogP contribution in [0.3, 0.4) is 0 Å². The molecule has 5 rings (SSSR count). The minimum Gasteiger partial charge on any atom is -0.306 e. The number of likely N-dealkylation sites (tertiary alicyclic amines) is 1. The van der Waals surface area contributed by atoms with Crippen molar-refractivity contribution in [2.75, 3.05) is 13.1 Å². The molecule has 1 aliphatic rings. The van der Waals surface area contributed by atoms with E-state index in [1.165, 1.54) is 5.56 Å². The summed E-state index contributed by atoms with van der Waals surface area (Å²) in [5, 5.41) is 4.13. The van der Waals surface area contributed by atoms with Crippen molar-refractivity contribution in [1.82, 2.24) is 29.0 Å². The number of nitrogens with zero attached hydrogens (tertiary/aromatic N) is 5. The van der Waals surface area contributed by atoms with E-state index in [2.05, 4.69) is 32.1 Å². The van der Waals surface area contributed by atoms with Crippen molar-refractivity contribution in [3.8, 4) is 0 Å². The molecule has 1 aromatic carbocycles. The van der Waals surface area contributed by atoms with Crippen LogP contribution in [0.1, 0.15) is 24.4 Å². The highest BCUT2D eigenvalue weighted by Crippen LogP contribution is 2.25. The highest BCUT2D eigenvalue weighted by atomic mass is 16.1. The molecular formula is C19H20N6O. The van der Waals surface area contributed by atoms with E-state index >= 15 is 0 Å². The van der Waals surface area contributed by atoms with Gasteiger partial charge < -0.3 is 4.98 Å². The van der Waals surface area contributed by atoms with Crippen molar-refractivity contribution >= 4 is 16.7 Å². The van der Waals surface area contributed by atoms with Crippen molar-refractivity contribution < 1.29 is 0 Å². The van der Waals surface area contributed by atoms with Crippen molar-refractivity contribution in [3.05, 3.63) is 65.0 Å². The van der Waals surface area contributed by atoms with Gasteiger partial charge in [-0.05, 0) is 42.7 Å². The molecule has 0 amide bonds. The van der Waals surface area contributed by atoms with E-state index in [9.17, 15) is 4.79 Å². The lowest BCUT2D eigenvalue weighted by atomic mass is 10.0. The van der Waals surface area contributed by atoms with Crippen LogP contribution >= 0.6 is 0 Å². The molecule has 0 unspecified atom stereocenters. The second kappa shape index (κ2) is 6.10. The maximum atomic E-state index is 12.4. The summed E-state index contributed by atoms with van der Waals surface area (Å²) in [4.78, 5) is 22.0. The third-order valence-electron chi connectivity index (χ3n) is 5.30. The first-order valence-electron chi connectivity index (χ1n) is 8.98. The van der Waals surface area contributed by atoms with E-state index in [1.54, 1.807) is 10.8 Å². The Kier molecular flexibility index (Phi) is 3.60. The Hall–Kier alpha value is -2.93. The van der Waals surface area contributed by atoms with Crippen LogP contribution in [0.5, 0.6) is 0 Å². The van der Waals surface area contributed by atoms with Gasteiger partial charge in [0.2, 0.25) is 0 Å². The highest BCUT2D eigenvalue weighted by Gasteiger charge is 2.23. The first kappa shape index (κ1) is 15.3. The van der Waals surface area contributed by atoms with Crippen LogP contribution in [0.25, 0.3) is 16.7 Å². The topological polar surface area (TPSA) is 71.2 Å².